The maximum absolute atomic E-state index is 2.31. The van der Waals surface area contributed by atoms with Crippen LogP contribution in [0.4, 0.5) is 0 Å². The fraction of sp³-hybridized carbons (Fsp3) is 1.00. The van der Waals surface area contributed by atoms with E-state index in [0.717, 1.165) is 10.5 Å². The first kappa shape index (κ1) is 6.81. The van der Waals surface area contributed by atoms with Gasteiger partial charge in [-0.25, -0.2) is 0 Å². The van der Waals surface area contributed by atoms with E-state index in [4.69, 9.17) is 0 Å². The lowest BCUT2D eigenvalue weighted by molar-refractivity contribution is 1.04. The molecule has 1 saturated heterocycles. The first-order chi connectivity index (χ1) is 3.79. The van der Waals surface area contributed by atoms with E-state index in [1.807, 2.05) is 0 Å². The highest BCUT2D eigenvalue weighted by Crippen LogP contribution is 2.28. The molecule has 1 aliphatic heterocycles. The predicted molar refractivity (Wildman–Crippen MR) is 43.8 cm³/mol. The molecule has 0 unspecified atom stereocenters. The predicted octanol–water partition coefficient (Wildman–Crippen LogP) is 2.24. The molecular formula is C6H12S2. The molecule has 0 nitrogen and oxygen atoms in total. The van der Waals surface area contributed by atoms with Gasteiger partial charge in [0, 0.05) is 22.0 Å². The summed E-state index contributed by atoms with van der Waals surface area (Å²) in [6.07, 6.45) is 0. The average molecular weight is 148 g/mol. The molecule has 0 aromatic heterocycles. The average Bonchev–Trinajstić information content (AvgIpc) is 1.77. The van der Waals surface area contributed by atoms with Crippen LogP contribution >= 0.6 is 23.5 Å². The monoisotopic (exact) mass is 148 g/mol. The second kappa shape index (κ2) is 3.02. The van der Waals surface area contributed by atoms with Gasteiger partial charge in [0.15, 0.2) is 0 Å². The van der Waals surface area contributed by atoms with Crippen LogP contribution in [0.5, 0.6) is 0 Å². The van der Waals surface area contributed by atoms with Crippen LogP contribution in [0.15, 0.2) is 0 Å². The van der Waals surface area contributed by atoms with Gasteiger partial charge < -0.3 is 0 Å². The van der Waals surface area contributed by atoms with E-state index >= 15 is 0 Å². The minimum atomic E-state index is 0.899. The Kier molecular flexibility index (Phi) is 2.57. The second-order valence-electron chi connectivity index (χ2n) is 2.29. The molecule has 0 bridgehead atoms. The summed E-state index contributed by atoms with van der Waals surface area (Å²) in [5.74, 6) is 2.71. The van der Waals surface area contributed by atoms with Crippen LogP contribution in [0.1, 0.15) is 13.8 Å². The Bertz CT molecular complexity index is 54.9. The third-order valence-corrected chi connectivity index (χ3v) is 4.51. The fourth-order valence-electron chi connectivity index (χ4n) is 0.696. The molecule has 1 fully saturated rings. The lowest BCUT2D eigenvalue weighted by atomic mass is 10.5. The molecule has 2 atom stereocenters. The number of rotatable bonds is 0. The van der Waals surface area contributed by atoms with Gasteiger partial charge in [-0.15, -0.1) is 0 Å². The van der Waals surface area contributed by atoms with Crippen LogP contribution in [0.3, 0.4) is 0 Å². The van der Waals surface area contributed by atoms with Crippen LogP contribution in [0.2, 0.25) is 0 Å². The van der Waals surface area contributed by atoms with Gasteiger partial charge in [-0.05, 0) is 0 Å². The SMILES string of the molecule is C[C@@H]1CS[C@H](C)CS1. The largest absolute Gasteiger partial charge is 0.157 e. The highest BCUT2D eigenvalue weighted by atomic mass is 32.2. The Balaban J connectivity index is 2.19. The van der Waals surface area contributed by atoms with Crippen LogP contribution in [-0.2, 0) is 0 Å². The summed E-state index contributed by atoms with van der Waals surface area (Å²) in [5, 5.41) is 1.80. The molecule has 0 aliphatic carbocycles. The summed E-state index contributed by atoms with van der Waals surface area (Å²) in [5.41, 5.74) is 0. The van der Waals surface area contributed by atoms with E-state index in [1.54, 1.807) is 0 Å². The van der Waals surface area contributed by atoms with E-state index in [-0.39, 0.29) is 0 Å². The molecule has 8 heavy (non-hydrogen) atoms. The minimum absolute atomic E-state index is 0.899. The van der Waals surface area contributed by atoms with E-state index in [2.05, 4.69) is 37.4 Å². The van der Waals surface area contributed by atoms with Crippen molar-refractivity contribution in [3.05, 3.63) is 0 Å². The van der Waals surface area contributed by atoms with Gasteiger partial charge in [0.2, 0.25) is 0 Å². The summed E-state index contributed by atoms with van der Waals surface area (Å²) in [6.45, 7) is 4.62. The van der Waals surface area contributed by atoms with Crippen LogP contribution in [-0.4, -0.2) is 22.0 Å². The zero-order chi connectivity index (χ0) is 5.98. The van der Waals surface area contributed by atoms with E-state index in [0.29, 0.717) is 0 Å². The van der Waals surface area contributed by atoms with Gasteiger partial charge in [0.05, 0.1) is 0 Å². The van der Waals surface area contributed by atoms with Crippen molar-refractivity contribution in [1.82, 2.24) is 0 Å². The van der Waals surface area contributed by atoms with Gasteiger partial charge in [-0.2, -0.15) is 23.5 Å². The summed E-state index contributed by atoms with van der Waals surface area (Å²) in [4.78, 5) is 0. The maximum atomic E-state index is 2.31. The minimum Gasteiger partial charge on any atom is -0.157 e. The molecular weight excluding hydrogens is 136 g/mol. The quantitative estimate of drug-likeness (QED) is 0.517. The summed E-state index contributed by atoms with van der Waals surface area (Å²) >= 11 is 4.21. The normalized spacial score (nSPS) is 39.8. The molecule has 0 N–H and O–H groups in total. The molecule has 0 aromatic carbocycles. The van der Waals surface area contributed by atoms with Crippen molar-refractivity contribution < 1.29 is 0 Å². The third-order valence-electron chi connectivity index (χ3n) is 1.23. The van der Waals surface area contributed by atoms with Gasteiger partial charge in [0.1, 0.15) is 0 Å². The van der Waals surface area contributed by atoms with Gasteiger partial charge in [-0.1, -0.05) is 13.8 Å². The summed E-state index contributed by atoms with van der Waals surface area (Å²) in [6, 6.07) is 0. The highest BCUT2D eigenvalue weighted by Gasteiger charge is 2.13. The Labute approximate surface area is 59.8 Å². The Morgan fingerprint density at radius 3 is 1.62 bits per heavy atom. The van der Waals surface area contributed by atoms with Gasteiger partial charge in [0.25, 0.3) is 0 Å². The van der Waals surface area contributed by atoms with Crippen molar-refractivity contribution in [3.8, 4) is 0 Å². The smallest absolute Gasteiger partial charge is 0.0110 e. The van der Waals surface area contributed by atoms with E-state index in [1.165, 1.54) is 11.5 Å². The Hall–Kier alpha value is 0.700. The third kappa shape index (κ3) is 1.90. The van der Waals surface area contributed by atoms with Crippen molar-refractivity contribution >= 4 is 23.5 Å². The van der Waals surface area contributed by atoms with E-state index in [9.17, 15) is 0 Å². The van der Waals surface area contributed by atoms with Crippen molar-refractivity contribution in [3.63, 3.8) is 0 Å². The summed E-state index contributed by atoms with van der Waals surface area (Å²) < 4.78 is 0. The molecule has 0 aromatic rings. The number of hydrogen-bond donors (Lipinski definition) is 0. The number of thioether (sulfide) groups is 2. The maximum Gasteiger partial charge on any atom is 0.0110 e. The Morgan fingerprint density at radius 1 is 1.00 bits per heavy atom. The van der Waals surface area contributed by atoms with Crippen molar-refractivity contribution in [2.75, 3.05) is 11.5 Å². The molecule has 1 heterocycles. The van der Waals surface area contributed by atoms with E-state index < -0.39 is 0 Å². The fourth-order valence-corrected chi connectivity index (χ4v) is 3.14. The lowest BCUT2D eigenvalue weighted by Gasteiger charge is -2.21. The molecule has 2 heteroatoms. The van der Waals surface area contributed by atoms with Crippen LogP contribution < -0.4 is 0 Å². The second-order valence-corrected chi connectivity index (χ2v) is 5.23. The molecule has 1 rings (SSSR count). The molecule has 0 amide bonds. The topological polar surface area (TPSA) is 0 Å². The van der Waals surface area contributed by atoms with Crippen molar-refractivity contribution in [2.24, 2.45) is 0 Å². The van der Waals surface area contributed by atoms with Crippen LogP contribution in [0.25, 0.3) is 0 Å². The van der Waals surface area contributed by atoms with Gasteiger partial charge >= 0.3 is 0 Å². The summed E-state index contributed by atoms with van der Waals surface area (Å²) in [7, 11) is 0. The Morgan fingerprint density at radius 2 is 1.38 bits per heavy atom. The zero-order valence-corrected chi connectivity index (χ0v) is 7.02. The molecule has 48 valence electrons. The highest BCUT2D eigenvalue weighted by molar-refractivity contribution is 8.07. The van der Waals surface area contributed by atoms with Crippen molar-refractivity contribution in [1.29, 1.82) is 0 Å². The molecule has 1 aliphatic rings. The zero-order valence-electron chi connectivity index (χ0n) is 5.39. The molecule has 0 radical (unpaired) electrons. The number of hydrogen-bond acceptors (Lipinski definition) is 2. The first-order valence-corrected chi connectivity index (χ1v) is 5.12. The standard InChI is InChI=1S/C6H12S2/c1-5-3-8-6(2)4-7-5/h5-6H,3-4H2,1-2H3/t5-,6-/m1/s1. The first-order valence-electron chi connectivity index (χ1n) is 3.02. The lowest BCUT2D eigenvalue weighted by Crippen LogP contribution is -2.15. The molecule has 0 saturated carbocycles. The van der Waals surface area contributed by atoms with Crippen LogP contribution in [0, 0.1) is 0 Å². The van der Waals surface area contributed by atoms with Gasteiger partial charge in [-0.3, -0.25) is 0 Å². The van der Waals surface area contributed by atoms with Crippen molar-refractivity contribution in [2.45, 2.75) is 24.3 Å². The molecule has 0 spiro atoms.